The molecule has 0 spiro atoms. The van der Waals surface area contributed by atoms with E-state index in [1.54, 1.807) is 27.3 Å². The zero-order chi connectivity index (χ0) is 39.8. The van der Waals surface area contributed by atoms with Gasteiger partial charge >= 0.3 is 0 Å². The Kier molecular flexibility index (Phi) is 15.0. The topological polar surface area (TPSA) is 97.3 Å². The molecule has 6 rings (SSSR count). The number of Topliss-reactive ketones (excluding diaryl/α,β-unsaturated/α-hetero) is 3. The average molecular weight is 798 g/mol. The van der Waals surface area contributed by atoms with Gasteiger partial charge in [0.2, 0.25) is 0 Å². The van der Waals surface area contributed by atoms with Crippen molar-refractivity contribution in [1.29, 1.82) is 0 Å². The van der Waals surface area contributed by atoms with Crippen molar-refractivity contribution >= 4 is 52.0 Å². The number of thiazole rings is 2. The lowest BCUT2D eigenvalue weighted by molar-refractivity contribution is -0.125. The van der Waals surface area contributed by atoms with E-state index in [4.69, 9.17) is 0 Å². The Hall–Kier alpha value is -3.30. The standard InChI is InChI=1S/C47H63N3O4S2/c1-30(2)45-42(48-28-55-45)44(53)38-12-7-6-11-37(32(38)5)40(51)14-8-10-33-15-17-34(18-16-33)19-20-35-21-23-36(24-22-35)25-26-41(52)39-13-9-27-50(39)47(54)43-46(31(3)4)56-29-49-43/h19-24,28-34,37-39H,6-18,25-27H2,1-5H3/b20-19+/t32?,33?,34?,37-,38?,39+/m1/s1. The molecule has 0 N–H and O–H groups in total. The largest absolute Gasteiger partial charge is 0.327 e. The number of likely N-dealkylation sites (tertiary alicyclic amines) is 1. The molecule has 3 fully saturated rings. The van der Waals surface area contributed by atoms with Gasteiger partial charge in [0.1, 0.15) is 17.2 Å². The molecule has 56 heavy (non-hydrogen) atoms. The van der Waals surface area contributed by atoms with Crippen LogP contribution in [0.2, 0.25) is 0 Å². The van der Waals surface area contributed by atoms with Crippen molar-refractivity contribution in [2.75, 3.05) is 6.54 Å². The molecule has 2 aromatic heterocycles. The minimum Gasteiger partial charge on any atom is -0.327 e. The molecular weight excluding hydrogens is 735 g/mol. The van der Waals surface area contributed by atoms with E-state index in [2.05, 4.69) is 81.0 Å². The van der Waals surface area contributed by atoms with E-state index >= 15 is 0 Å². The first kappa shape index (κ1) is 42.3. The molecule has 2 unspecified atom stereocenters. The van der Waals surface area contributed by atoms with Crippen LogP contribution in [0.3, 0.4) is 0 Å². The summed E-state index contributed by atoms with van der Waals surface area (Å²) < 4.78 is 0. The van der Waals surface area contributed by atoms with Gasteiger partial charge in [-0.2, -0.15) is 0 Å². The predicted molar refractivity (Wildman–Crippen MR) is 229 cm³/mol. The third kappa shape index (κ3) is 10.4. The fourth-order valence-corrected chi connectivity index (χ4v) is 11.2. The Morgan fingerprint density at radius 1 is 0.768 bits per heavy atom. The first-order valence-corrected chi connectivity index (χ1v) is 23.3. The van der Waals surface area contributed by atoms with E-state index in [0.29, 0.717) is 54.8 Å². The van der Waals surface area contributed by atoms with E-state index < -0.39 is 0 Å². The Morgan fingerprint density at radius 2 is 1.41 bits per heavy atom. The molecule has 1 aliphatic heterocycles. The number of aryl methyl sites for hydroxylation is 1. The van der Waals surface area contributed by atoms with Crippen molar-refractivity contribution in [2.24, 2.45) is 29.6 Å². The zero-order valence-electron chi connectivity index (χ0n) is 34.3. The molecule has 0 bridgehead atoms. The second-order valence-corrected chi connectivity index (χ2v) is 19.3. The molecule has 9 heteroatoms. The summed E-state index contributed by atoms with van der Waals surface area (Å²) in [6.45, 7) is 11.2. The molecule has 2 saturated carbocycles. The lowest BCUT2D eigenvalue weighted by Crippen LogP contribution is -2.41. The molecule has 1 saturated heterocycles. The molecular formula is C47H63N3O4S2. The van der Waals surface area contributed by atoms with E-state index in [0.717, 1.165) is 66.7 Å². The van der Waals surface area contributed by atoms with Gasteiger partial charge in [0.05, 0.1) is 17.1 Å². The van der Waals surface area contributed by atoms with Crippen LogP contribution in [0.15, 0.2) is 41.4 Å². The van der Waals surface area contributed by atoms with Crippen LogP contribution in [-0.4, -0.2) is 50.7 Å². The van der Waals surface area contributed by atoms with Crippen molar-refractivity contribution in [2.45, 2.75) is 149 Å². The summed E-state index contributed by atoms with van der Waals surface area (Å²) in [7, 11) is 0. The Bertz CT molecular complexity index is 1820. The molecule has 7 nitrogen and oxygen atoms in total. The van der Waals surface area contributed by atoms with E-state index in [9.17, 15) is 19.2 Å². The molecule has 3 aromatic rings. The second-order valence-electron chi connectivity index (χ2n) is 17.5. The van der Waals surface area contributed by atoms with Crippen molar-refractivity contribution < 1.29 is 19.2 Å². The number of carbonyl (C=O) groups excluding carboxylic acids is 4. The summed E-state index contributed by atoms with van der Waals surface area (Å²) in [5.41, 5.74) is 7.02. The fraction of sp³-hybridized carbons (Fsp3) is 0.617. The second kappa shape index (κ2) is 19.9. The molecule has 1 aromatic carbocycles. The van der Waals surface area contributed by atoms with Crippen LogP contribution in [0, 0.1) is 29.6 Å². The van der Waals surface area contributed by atoms with Gasteiger partial charge in [0.15, 0.2) is 11.6 Å². The minimum atomic E-state index is -0.349. The maximum atomic E-state index is 13.7. The highest BCUT2D eigenvalue weighted by Gasteiger charge is 2.38. The number of benzene rings is 1. The lowest BCUT2D eigenvalue weighted by Gasteiger charge is -2.28. The van der Waals surface area contributed by atoms with Gasteiger partial charge in [0, 0.05) is 41.0 Å². The van der Waals surface area contributed by atoms with Crippen LogP contribution in [0.4, 0.5) is 0 Å². The summed E-state index contributed by atoms with van der Waals surface area (Å²) >= 11 is 3.09. The average Bonchev–Trinajstić information content (AvgIpc) is 3.98. The summed E-state index contributed by atoms with van der Waals surface area (Å²) in [6, 6.07) is 8.21. The molecule has 3 heterocycles. The van der Waals surface area contributed by atoms with Crippen LogP contribution in [0.5, 0.6) is 0 Å². The normalized spacial score (nSPS) is 24.6. The third-order valence-corrected chi connectivity index (χ3v) is 15.2. The zero-order valence-corrected chi connectivity index (χ0v) is 36.0. The number of hydrogen-bond donors (Lipinski definition) is 0. The van der Waals surface area contributed by atoms with Gasteiger partial charge in [-0.3, -0.25) is 19.2 Å². The van der Waals surface area contributed by atoms with Crippen molar-refractivity contribution in [3.05, 3.63) is 73.6 Å². The molecule has 2 aliphatic carbocycles. The lowest BCUT2D eigenvalue weighted by atomic mass is 9.75. The van der Waals surface area contributed by atoms with Gasteiger partial charge in [-0.05, 0) is 105 Å². The number of carbonyl (C=O) groups is 4. The number of hydrogen-bond acceptors (Lipinski definition) is 8. The number of nitrogens with zero attached hydrogens (tertiary/aromatic N) is 3. The van der Waals surface area contributed by atoms with Crippen molar-refractivity contribution in [3.8, 4) is 0 Å². The van der Waals surface area contributed by atoms with Crippen LogP contribution in [0.25, 0.3) is 6.08 Å². The Morgan fingerprint density at radius 3 is 2.09 bits per heavy atom. The predicted octanol–water partition coefficient (Wildman–Crippen LogP) is 11.5. The number of allylic oxidation sites excluding steroid dienone is 1. The van der Waals surface area contributed by atoms with Gasteiger partial charge in [-0.15, -0.1) is 22.7 Å². The van der Waals surface area contributed by atoms with Gasteiger partial charge in [0.25, 0.3) is 5.91 Å². The summed E-state index contributed by atoms with van der Waals surface area (Å²) in [4.78, 5) is 66.6. The van der Waals surface area contributed by atoms with E-state index in [-0.39, 0.29) is 53.1 Å². The summed E-state index contributed by atoms with van der Waals surface area (Å²) in [5.74, 6) is 2.30. The highest BCUT2D eigenvalue weighted by Crippen LogP contribution is 2.39. The maximum Gasteiger partial charge on any atom is 0.274 e. The SMILES string of the molecule is CC(C)c1scnc1C(=O)C1CCCC[C@@H](C(=O)CCCC2CCC(/C=C/c3ccc(CCC(=O)[C@@H]4CCCN4C(=O)c4ncsc4C(C)C)cc3)CC2)C1C. The Labute approximate surface area is 343 Å². The first-order valence-electron chi connectivity index (χ1n) is 21.6. The summed E-state index contributed by atoms with van der Waals surface area (Å²) in [6.07, 6.45) is 18.6. The highest BCUT2D eigenvalue weighted by molar-refractivity contribution is 7.10. The molecule has 302 valence electrons. The van der Waals surface area contributed by atoms with Crippen LogP contribution < -0.4 is 0 Å². The smallest absolute Gasteiger partial charge is 0.274 e. The monoisotopic (exact) mass is 797 g/mol. The van der Waals surface area contributed by atoms with E-state index in [1.165, 1.54) is 42.6 Å². The molecule has 3 aliphatic rings. The number of amides is 1. The van der Waals surface area contributed by atoms with Crippen molar-refractivity contribution in [1.82, 2.24) is 14.9 Å². The maximum absolute atomic E-state index is 13.7. The van der Waals surface area contributed by atoms with Gasteiger partial charge in [-0.25, -0.2) is 9.97 Å². The number of rotatable bonds is 16. The highest BCUT2D eigenvalue weighted by atomic mass is 32.1. The third-order valence-electron chi connectivity index (χ3n) is 13.0. The Balaban J connectivity index is 0.900. The van der Waals surface area contributed by atoms with Gasteiger partial charge in [-0.1, -0.05) is 90.3 Å². The van der Waals surface area contributed by atoms with Crippen LogP contribution in [-0.2, 0) is 16.0 Å². The number of aromatic nitrogens is 2. The molecule has 0 radical (unpaired) electrons. The van der Waals surface area contributed by atoms with E-state index in [1.807, 2.05) is 0 Å². The van der Waals surface area contributed by atoms with Crippen LogP contribution >= 0.6 is 22.7 Å². The first-order chi connectivity index (χ1) is 27.0. The van der Waals surface area contributed by atoms with Crippen molar-refractivity contribution in [3.63, 3.8) is 0 Å². The molecule has 1 amide bonds. The van der Waals surface area contributed by atoms with Gasteiger partial charge < -0.3 is 4.90 Å². The van der Waals surface area contributed by atoms with Crippen LogP contribution in [0.1, 0.15) is 178 Å². The molecule has 4 atom stereocenters. The number of ketones is 3. The fourth-order valence-electron chi connectivity index (χ4n) is 9.59. The summed E-state index contributed by atoms with van der Waals surface area (Å²) in [5, 5.41) is 0. The minimum absolute atomic E-state index is 0.0159. The quantitative estimate of drug-likeness (QED) is 0.106.